The number of nitrogens with zero attached hydrogens (tertiary/aromatic N) is 3. The zero-order valence-electron chi connectivity index (χ0n) is 47.3. The molecule has 7 unspecified atom stereocenters. The summed E-state index contributed by atoms with van der Waals surface area (Å²) in [6.45, 7) is 24.6. The lowest BCUT2D eigenvalue weighted by atomic mass is 9.90. The second kappa shape index (κ2) is 36.2. The second-order valence-electron chi connectivity index (χ2n) is 20.2. The summed E-state index contributed by atoms with van der Waals surface area (Å²) in [7, 11) is 6.73. The molecule has 1 saturated heterocycles. The van der Waals surface area contributed by atoms with Gasteiger partial charge in [0.05, 0.1) is 43.7 Å². The minimum absolute atomic E-state index is 0.0324. The normalized spacial score (nSPS) is 17.1. The first-order valence-electron chi connectivity index (χ1n) is 26.6. The van der Waals surface area contributed by atoms with E-state index in [1.54, 1.807) is 52.3 Å². The smallest absolute Gasteiger partial charge is 0.410 e. The van der Waals surface area contributed by atoms with Crippen LogP contribution in [0.5, 0.6) is 0 Å². The molecule has 73 heavy (non-hydrogen) atoms. The number of anilines is 1. The number of likely N-dealkylation sites (tertiary alicyclic amines) is 1. The molecule has 0 saturated carbocycles. The van der Waals surface area contributed by atoms with Gasteiger partial charge in [0.25, 0.3) is 0 Å². The number of hydrogen-bond donors (Lipinski definition) is 3. The van der Waals surface area contributed by atoms with Gasteiger partial charge in [-0.25, -0.2) is 4.79 Å². The molecule has 0 spiro atoms. The summed E-state index contributed by atoms with van der Waals surface area (Å²) in [5, 5.41) is 5.48. The summed E-state index contributed by atoms with van der Waals surface area (Å²) >= 11 is 0. The molecule has 1 fully saturated rings. The van der Waals surface area contributed by atoms with Crippen LogP contribution in [-0.4, -0.2) is 142 Å². The number of ether oxygens (including phenoxy) is 5. The number of carbonyl (C=O) groups is 6. The summed E-state index contributed by atoms with van der Waals surface area (Å²) in [4.78, 5) is 77.0. The van der Waals surface area contributed by atoms with E-state index in [-0.39, 0.29) is 86.2 Å². The van der Waals surface area contributed by atoms with E-state index in [1.807, 2.05) is 30.7 Å². The second-order valence-corrected chi connectivity index (χ2v) is 20.2. The third-order valence-corrected chi connectivity index (χ3v) is 13.3. The highest BCUT2D eigenvalue weighted by atomic mass is 16.7. The van der Waals surface area contributed by atoms with Crippen LogP contribution in [0.1, 0.15) is 140 Å². The van der Waals surface area contributed by atoms with Gasteiger partial charge >= 0.3 is 6.09 Å². The standard InChI is InChI=1S/C24H46N2O4.C22H35N3O6.C10H15NO/c1-10-18(6)23(25(7)21(27)14-16(2)3)20(29-8)15-22(28)26-13-11-12-19(26)24(30-9)17(4)5;1-6-19(29-7-2)30-13-12-18(26)24-17-10-8-16(9-11-17)14-31-22(28)25(5)20(15(3)4)21(23)27;1-9(7-11-8-12)10-5-3-2-4-6-10/h16-20,23-24H,10-15H2,1-9H3;8-11,15,19-20H,6-7,12-14H2,1-5H3,(H2,23,27)(H,24,26);3,5-6,8-9H,2,4,7H2,1H3,(H,11,12)/t;19-,20?;/m.0./s1. The van der Waals surface area contributed by atoms with Gasteiger partial charge in [0.15, 0.2) is 6.29 Å². The number of rotatable bonds is 29. The van der Waals surface area contributed by atoms with Crippen molar-refractivity contribution in [2.45, 2.75) is 177 Å². The number of primary amides is 1. The van der Waals surface area contributed by atoms with E-state index >= 15 is 0 Å². The summed E-state index contributed by atoms with van der Waals surface area (Å²) in [5.74, 6) is 0.657. The van der Waals surface area contributed by atoms with Crippen molar-refractivity contribution in [2.75, 3.05) is 59.9 Å². The lowest BCUT2D eigenvalue weighted by Crippen LogP contribution is -2.52. The quantitative estimate of drug-likeness (QED) is 0.0512. The number of methoxy groups -OCH3 is 2. The Kier molecular flexibility index (Phi) is 32.8. The summed E-state index contributed by atoms with van der Waals surface area (Å²) in [5.41, 5.74) is 8.08. The van der Waals surface area contributed by atoms with Crippen molar-refractivity contribution in [3.05, 3.63) is 53.6 Å². The molecule has 1 aromatic carbocycles. The van der Waals surface area contributed by atoms with Gasteiger partial charge in [0.1, 0.15) is 12.6 Å². The van der Waals surface area contributed by atoms with Gasteiger partial charge in [-0.15, -0.1) is 0 Å². The maximum atomic E-state index is 13.3. The van der Waals surface area contributed by atoms with E-state index in [9.17, 15) is 28.8 Å². The Morgan fingerprint density at radius 2 is 1.53 bits per heavy atom. The fourth-order valence-corrected chi connectivity index (χ4v) is 9.18. The highest BCUT2D eigenvalue weighted by Crippen LogP contribution is 2.29. The van der Waals surface area contributed by atoms with E-state index in [2.05, 4.69) is 77.3 Å². The van der Waals surface area contributed by atoms with Crippen molar-refractivity contribution in [2.24, 2.45) is 35.3 Å². The lowest BCUT2D eigenvalue weighted by Gasteiger charge is -2.39. The number of benzene rings is 1. The Hall–Kier alpha value is -4.84. The minimum Gasteiger partial charge on any atom is -0.445 e. The molecule has 4 N–H and O–H groups in total. The van der Waals surface area contributed by atoms with Crippen LogP contribution in [-0.2, 0) is 54.3 Å². The first kappa shape index (κ1) is 66.2. The van der Waals surface area contributed by atoms with Gasteiger partial charge in [-0.3, -0.25) is 28.9 Å². The zero-order chi connectivity index (χ0) is 55.2. The van der Waals surface area contributed by atoms with Crippen molar-refractivity contribution < 1.29 is 52.5 Å². The number of hydrogen-bond acceptors (Lipinski definition) is 11. The molecule has 17 nitrogen and oxygen atoms in total. The fourth-order valence-electron chi connectivity index (χ4n) is 9.18. The monoisotopic (exact) mass is 1030 g/mol. The third-order valence-electron chi connectivity index (χ3n) is 13.3. The summed E-state index contributed by atoms with van der Waals surface area (Å²) in [6, 6.07) is 6.19. The average molecular weight is 1030 g/mol. The zero-order valence-corrected chi connectivity index (χ0v) is 47.3. The van der Waals surface area contributed by atoms with E-state index in [0.717, 1.165) is 63.6 Å². The molecule has 2 aliphatic rings. The molecule has 0 radical (unpaired) electrons. The molecule has 1 aliphatic heterocycles. The van der Waals surface area contributed by atoms with Crippen molar-refractivity contribution in [1.29, 1.82) is 0 Å². The van der Waals surface area contributed by atoms with Gasteiger partial charge in [-0.2, -0.15) is 0 Å². The SMILES string of the molecule is CC(CNC=O)C1=CCCC=C1.CCC(C)C(C(CC(=O)N1CCCC1C(OC)C(C)C)OC)N(C)C(=O)CC(C)C.CCO[C@H](CC)OCCC(=O)Nc1ccc(COC(=O)N(C)C(C(N)=O)C(C)C)cc1. The predicted molar refractivity (Wildman–Crippen MR) is 288 cm³/mol. The van der Waals surface area contributed by atoms with Gasteiger partial charge < -0.3 is 49.9 Å². The molecule has 1 aliphatic carbocycles. The van der Waals surface area contributed by atoms with Gasteiger partial charge in [-0.05, 0) is 91.9 Å². The van der Waals surface area contributed by atoms with Gasteiger partial charge in [-0.1, -0.05) is 106 Å². The van der Waals surface area contributed by atoms with Crippen LogP contribution < -0.4 is 16.4 Å². The van der Waals surface area contributed by atoms with E-state index in [1.165, 1.54) is 17.5 Å². The highest BCUT2D eigenvalue weighted by Gasteiger charge is 2.40. The number of allylic oxidation sites excluding steroid dienone is 3. The maximum absolute atomic E-state index is 13.3. The Morgan fingerprint density at radius 1 is 0.863 bits per heavy atom. The number of amides is 6. The molecular formula is C56H96N6O11. The molecule has 17 heteroatoms. The Labute approximate surface area is 439 Å². The predicted octanol–water partition coefficient (Wildman–Crippen LogP) is 8.50. The molecule has 8 atom stereocenters. The number of carbonyl (C=O) groups excluding carboxylic acids is 6. The number of nitrogens with one attached hydrogen (secondary N) is 2. The molecule has 3 rings (SSSR count). The highest BCUT2D eigenvalue weighted by molar-refractivity contribution is 5.90. The van der Waals surface area contributed by atoms with Crippen molar-refractivity contribution in [1.82, 2.24) is 20.0 Å². The Bertz CT molecular complexity index is 1840. The minimum atomic E-state index is -0.741. The van der Waals surface area contributed by atoms with Gasteiger partial charge in [0.2, 0.25) is 30.0 Å². The molecule has 6 amide bonds. The third kappa shape index (κ3) is 23.9. The summed E-state index contributed by atoms with van der Waals surface area (Å²) < 4.78 is 27.7. The summed E-state index contributed by atoms with van der Waals surface area (Å²) in [6.07, 6.45) is 13.0. The van der Waals surface area contributed by atoms with Crippen LogP contribution in [0, 0.1) is 29.6 Å². The molecular weight excluding hydrogens is 933 g/mol. The topological polar surface area (TPSA) is 208 Å². The van der Waals surface area contributed by atoms with Gasteiger partial charge in [0, 0.05) is 60.1 Å². The molecule has 1 heterocycles. The number of likely N-dealkylation sites (N-methyl/N-ethyl adjacent to an activating group) is 2. The van der Waals surface area contributed by atoms with Crippen LogP contribution in [0.3, 0.4) is 0 Å². The Balaban J connectivity index is 0.000000596. The largest absolute Gasteiger partial charge is 0.445 e. The van der Waals surface area contributed by atoms with E-state index < -0.39 is 18.0 Å². The average Bonchev–Trinajstić information content (AvgIpc) is 3.84. The number of nitrogens with two attached hydrogens (primary N) is 1. The molecule has 416 valence electrons. The van der Waals surface area contributed by atoms with Crippen LogP contribution in [0.2, 0.25) is 0 Å². The van der Waals surface area contributed by atoms with Crippen LogP contribution in [0.4, 0.5) is 10.5 Å². The Morgan fingerprint density at radius 3 is 2.04 bits per heavy atom. The van der Waals surface area contributed by atoms with Crippen molar-refractivity contribution >= 4 is 41.8 Å². The maximum Gasteiger partial charge on any atom is 0.410 e. The molecule has 0 bridgehead atoms. The van der Waals surface area contributed by atoms with E-state index in [0.29, 0.717) is 36.5 Å². The van der Waals surface area contributed by atoms with E-state index in [4.69, 9.17) is 29.4 Å². The van der Waals surface area contributed by atoms with Crippen molar-refractivity contribution in [3.63, 3.8) is 0 Å². The van der Waals surface area contributed by atoms with Crippen molar-refractivity contribution in [3.8, 4) is 0 Å². The lowest BCUT2D eigenvalue weighted by molar-refractivity contribution is -0.144. The fraction of sp³-hybridized carbons (Fsp3) is 0.714. The molecule has 1 aromatic rings. The molecule has 0 aromatic heterocycles. The first-order valence-corrected chi connectivity index (χ1v) is 26.6. The van der Waals surface area contributed by atoms with Crippen LogP contribution >= 0.6 is 0 Å². The van der Waals surface area contributed by atoms with Crippen LogP contribution in [0.15, 0.2) is 48.1 Å². The van der Waals surface area contributed by atoms with Crippen LogP contribution in [0.25, 0.3) is 0 Å². The first-order chi connectivity index (χ1) is 34.6.